The molecule has 7 nitrogen and oxygen atoms in total. The molecular weight excluding hydrogens is 260 g/mol. The second-order valence-electron chi connectivity index (χ2n) is 3.95. The van der Waals surface area contributed by atoms with Gasteiger partial charge >= 0.3 is 5.97 Å². The van der Waals surface area contributed by atoms with Crippen molar-refractivity contribution in [2.24, 2.45) is 0 Å². The smallest absolute Gasteiger partial charge is 0.354 e. The Morgan fingerprint density at radius 3 is 2.85 bits per heavy atom. The lowest BCUT2D eigenvalue weighted by molar-refractivity contribution is 0.0595. The van der Waals surface area contributed by atoms with Crippen molar-refractivity contribution < 1.29 is 14.1 Å². The fraction of sp³-hybridized carbons (Fsp3) is 0.0769. The van der Waals surface area contributed by atoms with Crippen LogP contribution in [0.25, 0.3) is 22.8 Å². The van der Waals surface area contributed by atoms with Gasteiger partial charge in [-0.1, -0.05) is 5.16 Å². The lowest BCUT2D eigenvalue weighted by Gasteiger charge is -1.91. The first kappa shape index (κ1) is 12.1. The molecule has 0 atom stereocenters. The molecule has 0 saturated heterocycles. The Kier molecular flexibility index (Phi) is 3.00. The van der Waals surface area contributed by atoms with E-state index >= 15 is 0 Å². The topological polar surface area (TPSA) is 93.9 Å². The van der Waals surface area contributed by atoms with Gasteiger partial charge in [-0.2, -0.15) is 4.98 Å². The van der Waals surface area contributed by atoms with Gasteiger partial charge < -0.3 is 14.2 Å². The molecule has 3 rings (SSSR count). The Balaban J connectivity index is 1.91. The number of methoxy groups -OCH3 is 1. The number of H-pyrrole nitrogens is 1. The number of aromatic amines is 1. The van der Waals surface area contributed by atoms with Gasteiger partial charge in [-0.15, -0.1) is 0 Å². The Labute approximate surface area is 113 Å². The van der Waals surface area contributed by atoms with E-state index in [1.54, 1.807) is 36.8 Å². The highest BCUT2D eigenvalue weighted by Crippen LogP contribution is 2.22. The highest BCUT2D eigenvalue weighted by molar-refractivity contribution is 5.88. The third-order valence-corrected chi connectivity index (χ3v) is 2.70. The molecule has 3 aromatic rings. The summed E-state index contributed by atoms with van der Waals surface area (Å²) in [7, 11) is 1.32. The molecule has 0 aliphatic carbocycles. The molecule has 0 fully saturated rings. The van der Waals surface area contributed by atoms with Gasteiger partial charge in [0.2, 0.25) is 5.82 Å². The van der Waals surface area contributed by atoms with Crippen LogP contribution in [-0.4, -0.2) is 33.2 Å². The van der Waals surface area contributed by atoms with E-state index in [4.69, 9.17) is 4.52 Å². The summed E-state index contributed by atoms with van der Waals surface area (Å²) in [5, 5.41) is 3.89. The van der Waals surface area contributed by atoms with Crippen molar-refractivity contribution in [1.82, 2.24) is 20.1 Å². The van der Waals surface area contributed by atoms with Crippen molar-refractivity contribution in [2.45, 2.75) is 0 Å². The summed E-state index contributed by atoms with van der Waals surface area (Å²) in [6, 6.07) is 5.16. The van der Waals surface area contributed by atoms with E-state index < -0.39 is 5.97 Å². The van der Waals surface area contributed by atoms with Crippen molar-refractivity contribution >= 4 is 5.97 Å². The second-order valence-corrected chi connectivity index (χ2v) is 3.95. The van der Waals surface area contributed by atoms with Crippen molar-refractivity contribution in [1.29, 1.82) is 0 Å². The Morgan fingerprint density at radius 1 is 1.30 bits per heavy atom. The number of nitrogens with one attached hydrogen (secondary N) is 1. The van der Waals surface area contributed by atoms with Crippen LogP contribution in [0.4, 0.5) is 0 Å². The number of hydrogen-bond donors (Lipinski definition) is 1. The van der Waals surface area contributed by atoms with E-state index in [1.165, 1.54) is 7.11 Å². The molecule has 0 bridgehead atoms. The van der Waals surface area contributed by atoms with E-state index in [0.29, 0.717) is 23.0 Å². The number of esters is 1. The molecule has 0 radical (unpaired) electrons. The predicted molar refractivity (Wildman–Crippen MR) is 68.7 cm³/mol. The third-order valence-electron chi connectivity index (χ3n) is 2.70. The van der Waals surface area contributed by atoms with Crippen LogP contribution in [0.3, 0.4) is 0 Å². The normalized spacial score (nSPS) is 10.4. The van der Waals surface area contributed by atoms with Crippen LogP contribution >= 0.6 is 0 Å². The van der Waals surface area contributed by atoms with Crippen LogP contribution < -0.4 is 0 Å². The van der Waals surface area contributed by atoms with Crippen molar-refractivity contribution in [3.05, 3.63) is 42.5 Å². The van der Waals surface area contributed by atoms with E-state index in [9.17, 15) is 4.79 Å². The molecule has 3 heterocycles. The summed E-state index contributed by atoms with van der Waals surface area (Å²) in [6.07, 6.45) is 4.91. The van der Waals surface area contributed by atoms with Crippen molar-refractivity contribution in [2.75, 3.05) is 7.11 Å². The molecular formula is C13H10N4O3. The molecule has 20 heavy (non-hydrogen) atoms. The molecule has 0 unspecified atom stereocenters. The molecule has 0 spiro atoms. The number of nitrogens with zero attached hydrogens (tertiary/aromatic N) is 3. The number of pyridine rings is 1. The van der Waals surface area contributed by atoms with E-state index in [-0.39, 0.29) is 0 Å². The monoisotopic (exact) mass is 270 g/mol. The Morgan fingerprint density at radius 2 is 2.10 bits per heavy atom. The molecule has 0 aliphatic rings. The van der Waals surface area contributed by atoms with Crippen molar-refractivity contribution in [3.63, 3.8) is 0 Å². The quantitative estimate of drug-likeness (QED) is 0.730. The molecule has 7 heteroatoms. The van der Waals surface area contributed by atoms with Gasteiger partial charge in [0.15, 0.2) is 0 Å². The number of ether oxygens (including phenoxy) is 1. The SMILES string of the molecule is COC(=O)c1cc(-c2nc(-c3ccncc3)no2)c[nH]1. The van der Waals surface area contributed by atoms with Crippen LogP contribution in [0.15, 0.2) is 41.3 Å². The van der Waals surface area contributed by atoms with Gasteiger partial charge in [-0.25, -0.2) is 4.79 Å². The first-order valence-corrected chi connectivity index (χ1v) is 5.79. The van der Waals surface area contributed by atoms with Crippen LogP contribution in [0.1, 0.15) is 10.5 Å². The van der Waals surface area contributed by atoms with Gasteiger partial charge in [0.05, 0.1) is 12.7 Å². The van der Waals surface area contributed by atoms with Crippen LogP contribution in [0.5, 0.6) is 0 Å². The summed E-state index contributed by atoms with van der Waals surface area (Å²) >= 11 is 0. The first-order valence-electron chi connectivity index (χ1n) is 5.79. The number of carbonyl (C=O) groups is 1. The third kappa shape index (κ3) is 2.16. The van der Waals surface area contributed by atoms with E-state index in [2.05, 4.69) is 24.8 Å². The highest BCUT2D eigenvalue weighted by atomic mass is 16.5. The average molecular weight is 270 g/mol. The minimum Gasteiger partial charge on any atom is -0.464 e. The molecule has 1 N–H and O–H groups in total. The molecule has 0 saturated carbocycles. The van der Waals surface area contributed by atoms with Gasteiger partial charge in [0, 0.05) is 24.2 Å². The van der Waals surface area contributed by atoms with Gasteiger partial charge in [-0.05, 0) is 18.2 Å². The fourth-order valence-electron chi connectivity index (χ4n) is 1.70. The van der Waals surface area contributed by atoms with E-state index in [1.807, 2.05) is 0 Å². The number of rotatable bonds is 3. The maximum Gasteiger partial charge on any atom is 0.354 e. The van der Waals surface area contributed by atoms with Crippen LogP contribution in [0.2, 0.25) is 0 Å². The molecule has 0 amide bonds. The predicted octanol–water partition coefficient (Wildman–Crippen LogP) is 1.91. The second kappa shape index (κ2) is 4.96. The lowest BCUT2D eigenvalue weighted by Crippen LogP contribution is -2.00. The van der Waals surface area contributed by atoms with Crippen LogP contribution in [-0.2, 0) is 4.74 Å². The zero-order valence-corrected chi connectivity index (χ0v) is 10.5. The number of carbonyl (C=O) groups excluding carboxylic acids is 1. The standard InChI is InChI=1S/C13H10N4O3/c1-19-13(18)10-6-9(7-15-10)12-16-11(17-20-12)8-2-4-14-5-3-8/h2-7,15H,1H3. The van der Waals surface area contributed by atoms with Gasteiger partial charge in [-0.3, -0.25) is 4.98 Å². The number of aromatic nitrogens is 4. The number of hydrogen-bond acceptors (Lipinski definition) is 6. The maximum absolute atomic E-state index is 11.4. The zero-order chi connectivity index (χ0) is 13.9. The molecule has 0 aliphatic heterocycles. The molecule has 100 valence electrons. The maximum atomic E-state index is 11.4. The summed E-state index contributed by atoms with van der Waals surface area (Å²) in [5.74, 6) is 0.330. The molecule has 3 aromatic heterocycles. The largest absolute Gasteiger partial charge is 0.464 e. The lowest BCUT2D eigenvalue weighted by atomic mass is 10.2. The Hall–Kier alpha value is -2.96. The first-order chi connectivity index (χ1) is 9.78. The molecule has 0 aromatic carbocycles. The summed E-state index contributed by atoms with van der Waals surface area (Å²) in [6.45, 7) is 0. The minimum absolute atomic E-state index is 0.322. The van der Waals surface area contributed by atoms with Gasteiger partial charge in [0.25, 0.3) is 5.89 Å². The summed E-state index contributed by atoms with van der Waals surface area (Å²) in [5.41, 5.74) is 1.75. The summed E-state index contributed by atoms with van der Waals surface area (Å²) < 4.78 is 9.79. The van der Waals surface area contributed by atoms with E-state index in [0.717, 1.165) is 5.56 Å². The van der Waals surface area contributed by atoms with Gasteiger partial charge in [0.1, 0.15) is 5.69 Å². The highest BCUT2D eigenvalue weighted by Gasteiger charge is 2.14. The zero-order valence-electron chi connectivity index (χ0n) is 10.5. The fourth-order valence-corrected chi connectivity index (χ4v) is 1.70. The average Bonchev–Trinajstić information content (AvgIpc) is 3.16. The Bertz CT molecular complexity index is 733. The van der Waals surface area contributed by atoms with Crippen LogP contribution in [0, 0.1) is 0 Å². The minimum atomic E-state index is -0.454. The van der Waals surface area contributed by atoms with Crippen molar-refractivity contribution in [3.8, 4) is 22.8 Å². The summed E-state index contributed by atoms with van der Waals surface area (Å²) in [4.78, 5) is 22.3.